The summed E-state index contributed by atoms with van der Waals surface area (Å²) in [6.07, 6.45) is 55.9. The van der Waals surface area contributed by atoms with Crippen molar-refractivity contribution in [1.29, 1.82) is 0 Å². The summed E-state index contributed by atoms with van der Waals surface area (Å²) in [5, 5.41) is 22.0. The number of amides is 1. The lowest BCUT2D eigenvalue weighted by molar-refractivity contribution is -0.147. The van der Waals surface area contributed by atoms with Crippen molar-refractivity contribution in [3.05, 3.63) is 36.5 Å². The summed E-state index contributed by atoms with van der Waals surface area (Å²) in [4.78, 5) is 46.2. The number of hydrogen-bond acceptors (Lipinski definition) is 8. The van der Waals surface area contributed by atoms with Crippen molar-refractivity contribution in [2.45, 2.75) is 270 Å². The number of esters is 1. The molecule has 0 aliphatic rings. The van der Waals surface area contributed by atoms with E-state index in [-0.39, 0.29) is 12.8 Å². The molecule has 0 aliphatic heterocycles. The van der Waals surface area contributed by atoms with Crippen LogP contribution >= 0.6 is 7.82 Å². The number of phosphoric acid groups is 1. The number of aliphatic hydroxyl groups is 1. The summed E-state index contributed by atoms with van der Waals surface area (Å²) in [6, 6.07) is -1.55. The second kappa shape index (κ2) is 49.1. The van der Waals surface area contributed by atoms with Crippen LogP contribution in [-0.4, -0.2) is 64.9 Å². The molecular formula is C54H100NO10P. The Morgan fingerprint density at radius 1 is 0.485 bits per heavy atom. The smallest absolute Gasteiger partial charge is 0.472 e. The molecule has 0 saturated carbocycles. The number of unbranched alkanes of at least 4 members (excludes halogenated alkanes) is 31. The van der Waals surface area contributed by atoms with Gasteiger partial charge in [-0.2, -0.15) is 0 Å². The number of aliphatic carboxylic acids is 1. The van der Waals surface area contributed by atoms with Crippen molar-refractivity contribution in [2.24, 2.45) is 0 Å². The Kier molecular flexibility index (Phi) is 47.4. The first-order valence-electron chi connectivity index (χ1n) is 27.0. The third-order valence-electron chi connectivity index (χ3n) is 11.9. The molecule has 0 spiro atoms. The summed E-state index contributed by atoms with van der Waals surface area (Å²) in [5.74, 6) is -2.37. The maximum absolute atomic E-state index is 12.4. The molecule has 0 fully saturated rings. The van der Waals surface area contributed by atoms with Gasteiger partial charge in [0, 0.05) is 12.8 Å². The molecular weight excluding hydrogens is 854 g/mol. The van der Waals surface area contributed by atoms with Crippen LogP contribution in [0, 0.1) is 0 Å². The van der Waals surface area contributed by atoms with Crippen LogP contribution in [0.5, 0.6) is 0 Å². The molecule has 12 heteroatoms. The van der Waals surface area contributed by atoms with E-state index in [0.29, 0.717) is 12.8 Å². The number of rotatable bonds is 51. The lowest BCUT2D eigenvalue weighted by Gasteiger charge is -2.18. The normalized spacial score (nSPS) is 13.8. The molecule has 3 atom stereocenters. The molecule has 0 aliphatic carbocycles. The highest BCUT2D eigenvalue weighted by Crippen LogP contribution is 2.43. The lowest BCUT2D eigenvalue weighted by Crippen LogP contribution is -2.43. The fourth-order valence-electron chi connectivity index (χ4n) is 7.74. The molecule has 0 radical (unpaired) electrons. The maximum Gasteiger partial charge on any atom is 0.472 e. The molecule has 11 nitrogen and oxygen atoms in total. The van der Waals surface area contributed by atoms with Gasteiger partial charge in [0.2, 0.25) is 5.91 Å². The molecule has 386 valence electrons. The summed E-state index contributed by atoms with van der Waals surface area (Å²) < 4.78 is 27.0. The molecule has 4 N–H and O–H groups in total. The van der Waals surface area contributed by atoms with E-state index < -0.39 is 57.6 Å². The third-order valence-corrected chi connectivity index (χ3v) is 12.9. The molecule has 0 aromatic carbocycles. The van der Waals surface area contributed by atoms with Gasteiger partial charge in [0.05, 0.1) is 13.2 Å². The van der Waals surface area contributed by atoms with E-state index in [2.05, 4.69) is 55.6 Å². The van der Waals surface area contributed by atoms with Crippen LogP contribution in [0.15, 0.2) is 36.5 Å². The molecule has 0 saturated heterocycles. The molecule has 0 aromatic rings. The Morgan fingerprint density at radius 3 is 1.27 bits per heavy atom. The van der Waals surface area contributed by atoms with Gasteiger partial charge < -0.3 is 25.2 Å². The fraction of sp³-hybridized carbons (Fsp3) is 0.833. The fourth-order valence-corrected chi connectivity index (χ4v) is 8.51. The first-order chi connectivity index (χ1) is 32.1. The number of phosphoric ester groups is 1. The summed E-state index contributed by atoms with van der Waals surface area (Å²) in [5.41, 5.74) is 0. The van der Waals surface area contributed by atoms with Crippen molar-refractivity contribution in [1.82, 2.24) is 5.32 Å². The molecule has 0 aromatic heterocycles. The average molecular weight is 954 g/mol. The Balaban J connectivity index is 3.80. The van der Waals surface area contributed by atoms with Crippen LogP contribution in [0.4, 0.5) is 0 Å². The minimum absolute atomic E-state index is 0.149. The van der Waals surface area contributed by atoms with E-state index in [1.165, 1.54) is 148 Å². The van der Waals surface area contributed by atoms with Gasteiger partial charge in [-0.3, -0.25) is 18.6 Å². The topological polar surface area (TPSA) is 169 Å². The predicted molar refractivity (Wildman–Crippen MR) is 272 cm³/mol. The molecule has 0 heterocycles. The van der Waals surface area contributed by atoms with Crippen molar-refractivity contribution in [3.63, 3.8) is 0 Å². The van der Waals surface area contributed by atoms with E-state index in [4.69, 9.17) is 13.8 Å². The first kappa shape index (κ1) is 63.7. The number of carbonyl (C=O) groups is 3. The number of carbonyl (C=O) groups excluding carboxylic acids is 2. The third kappa shape index (κ3) is 48.2. The SMILES string of the molecule is CCCCC/C=C\C/C=C\C/C=C\CCCCCCCCC(=O)OCC(O)COP(=O)(O)OCC(NC(=O)CCCCCCCCCCCCCCCCCCCCCCCCC)C(=O)O. The number of carboxylic acids is 1. The number of nitrogens with one attached hydrogen (secondary N) is 1. The molecule has 0 rings (SSSR count). The van der Waals surface area contributed by atoms with E-state index >= 15 is 0 Å². The highest BCUT2D eigenvalue weighted by atomic mass is 31.2. The van der Waals surface area contributed by atoms with Crippen LogP contribution in [0.2, 0.25) is 0 Å². The molecule has 1 amide bonds. The van der Waals surface area contributed by atoms with Crippen LogP contribution in [0.25, 0.3) is 0 Å². The predicted octanol–water partition coefficient (Wildman–Crippen LogP) is 15.1. The Labute approximate surface area is 403 Å². The van der Waals surface area contributed by atoms with Crippen LogP contribution in [-0.2, 0) is 32.7 Å². The minimum atomic E-state index is -4.76. The molecule has 3 unspecified atom stereocenters. The lowest BCUT2D eigenvalue weighted by atomic mass is 10.0. The second-order valence-corrected chi connectivity index (χ2v) is 19.9. The quantitative estimate of drug-likeness (QED) is 0.0199. The van der Waals surface area contributed by atoms with Gasteiger partial charge in [0.15, 0.2) is 6.04 Å². The van der Waals surface area contributed by atoms with Gasteiger partial charge in [-0.05, 0) is 51.4 Å². The molecule has 66 heavy (non-hydrogen) atoms. The monoisotopic (exact) mass is 954 g/mol. The van der Waals surface area contributed by atoms with E-state index in [0.717, 1.165) is 70.6 Å². The number of allylic oxidation sites excluding steroid dienone is 6. The van der Waals surface area contributed by atoms with E-state index in [9.17, 15) is 34.1 Å². The van der Waals surface area contributed by atoms with Gasteiger partial charge in [0.1, 0.15) is 12.7 Å². The molecule has 0 bridgehead atoms. The van der Waals surface area contributed by atoms with Crippen molar-refractivity contribution in [3.8, 4) is 0 Å². The highest BCUT2D eigenvalue weighted by Gasteiger charge is 2.28. The summed E-state index contributed by atoms with van der Waals surface area (Å²) in [7, 11) is -4.76. The van der Waals surface area contributed by atoms with Crippen LogP contribution in [0.3, 0.4) is 0 Å². The number of hydrogen-bond donors (Lipinski definition) is 4. The van der Waals surface area contributed by atoms with Crippen molar-refractivity contribution < 1.29 is 47.8 Å². The highest BCUT2D eigenvalue weighted by molar-refractivity contribution is 7.47. The van der Waals surface area contributed by atoms with E-state index in [1.54, 1.807) is 0 Å². The van der Waals surface area contributed by atoms with Gasteiger partial charge in [-0.15, -0.1) is 0 Å². The first-order valence-corrected chi connectivity index (χ1v) is 28.5. The van der Waals surface area contributed by atoms with Crippen LogP contribution < -0.4 is 5.32 Å². The number of aliphatic hydroxyl groups excluding tert-OH is 1. The Bertz CT molecular complexity index is 1260. The largest absolute Gasteiger partial charge is 0.480 e. The zero-order chi connectivity index (χ0) is 48.4. The standard InChI is InChI=1S/C54H100NO10P/c1-3-5-7-9-11-13-15-17-19-21-23-24-25-26-28-29-31-33-35-37-39-41-43-45-52(57)55-51(54(59)60)49-65-66(61,62)64-48-50(56)47-63-53(58)46-44-42-40-38-36-34-32-30-27-22-20-18-16-14-12-10-8-6-4-2/h12,14,18,20,27,30,50-51,56H,3-11,13,15-17,19,21-26,28-29,31-49H2,1-2H3,(H,55,57)(H,59,60)(H,61,62)/b14-12-,20-18-,30-27-. The minimum Gasteiger partial charge on any atom is -0.480 e. The Morgan fingerprint density at radius 2 is 0.833 bits per heavy atom. The van der Waals surface area contributed by atoms with Crippen molar-refractivity contribution >= 4 is 25.7 Å². The zero-order valence-corrected chi connectivity index (χ0v) is 43.2. The second-order valence-electron chi connectivity index (χ2n) is 18.4. The number of carboxylic acid groups (broad SMARTS) is 1. The van der Waals surface area contributed by atoms with Gasteiger partial charge in [-0.25, -0.2) is 9.36 Å². The average Bonchev–Trinajstić information content (AvgIpc) is 3.29. The van der Waals surface area contributed by atoms with Crippen LogP contribution in [0.1, 0.15) is 258 Å². The van der Waals surface area contributed by atoms with E-state index in [1.807, 2.05) is 0 Å². The summed E-state index contributed by atoms with van der Waals surface area (Å²) >= 11 is 0. The Hall–Kier alpha value is -2.30. The van der Waals surface area contributed by atoms with Gasteiger partial charge >= 0.3 is 19.8 Å². The maximum atomic E-state index is 12.4. The zero-order valence-electron chi connectivity index (χ0n) is 42.3. The van der Waals surface area contributed by atoms with Crippen molar-refractivity contribution in [2.75, 3.05) is 19.8 Å². The van der Waals surface area contributed by atoms with Gasteiger partial charge in [0.25, 0.3) is 0 Å². The number of ether oxygens (including phenoxy) is 1. The van der Waals surface area contributed by atoms with Gasteiger partial charge in [-0.1, -0.05) is 230 Å². The summed E-state index contributed by atoms with van der Waals surface area (Å²) in [6.45, 7) is 2.60.